The number of nitrogens with one attached hydrogen (secondary N) is 1. The van der Waals surface area contributed by atoms with Crippen molar-refractivity contribution in [1.29, 1.82) is 0 Å². The second-order valence-corrected chi connectivity index (χ2v) is 4.52. The number of hydrogen-bond acceptors (Lipinski definition) is 2. The van der Waals surface area contributed by atoms with E-state index in [1.54, 1.807) is 7.11 Å². The fraction of sp³-hybridized carbons (Fsp3) is 1.00. The zero-order valence-corrected chi connectivity index (χ0v) is 9.81. The van der Waals surface area contributed by atoms with Gasteiger partial charge in [0.2, 0.25) is 0 Å². The average molecular weight is 187 g/mol. The molecule has 0 fully saturated rings. The van der Waals surface area contributed by atoms with Gasteiger partial charge in [-0.05, 0) is 46.2 Å². The molecular weight excluding hydrogens is 162 g/mol. The monoisotopic (exact) mass is 187 g/mol. The molecule has 2 heteroatoms. The smallest absolute Gasteiger partial charge is 0.0622 e. The Morgan fingerprint density at radius 2 is 2.00 bits per heavy atom. The quantitative estimate of drug-likeness (QED) is 0.661. The zero-order valence-electron chi connectivity index (χ0n) is 9.81. The maximum absolute atomic E-state index is 5.36. The fourth-order valence-electron chi connectivity index (χ4n) is 1.43. The van der Waals surface area contributed by atoms with Crippen LogP contribution < -0.4 is 5.32 Å². The summed E-state index contributed by atoms with van der Waals surface area (Å²) in [5.41, 5.74) is 0.0549. The van der Waals surface area contributed by atoms with Crippen molar-refractivity contribution in [3.05, 3.63) is 0 Å². The van der Waals surface area contributed by atoms with Crippen molar-refractivity contribution in [2.75, 3.05) is 20.7 Å². The van der Waals surface area contributed by atoms with E-state index in [2.05, 4.69) is 26.1 Å². The van der Waals surface area contributed by atoms with Gasteiger partial charge in [0.1, 0.15) is 0 Å². The molecule has 80 valence electrons. The molecule has 1 N–H and O–H groups in total. The third kappa shape index (κ3) is 7.03. The van der Waals surface area contributed by atoms with Gasteiger partial charge >= 0.3 is 0 Å². The Morgan fingerprint density at radius 1 is 1.38 bits per heavy atom. The summed E-state index contributed by atoms with van der Waals surface area (Å²) in [6, 6.07) is 0. The van der Waals surface area contributed by atoms with Crippen LogP contribution in [0, 0.1) is 5.92 Å². The van der Waals surface area contributed by atoms with E-state index in [0.29, 0.717) is 0 Å². The molecule has 0 amide bonds. The van der Waals surface area contributed by atoms with E-state index in [1.165, 1.54) is 12.8 Å². The highest BCUT2D eigenvalue weighted by atomic mass is 16.5. The normalized spacial score (nSPS) is 14.5. The second kappa shape index (κ2) is 6.39. The molecule has 0 aromatic heterocycles. The van der Waals surface area contributed by atoms with E-state index in [0.717, 1.165) is 18.9 Å². The van der Waals surface area contributed by atoms with Crippen LogP contribution in [0.3, 0.4) is 0 Å². The lowest BCUT2D eigenvalue weighted by molar-refractivity contribution is 0.0128. The minimum Gasteiger partial charge on any atom is -0.379 e. The fourth-order valence-corrected chi connectivity index (χ4v) is 1.43. The summed E-state index contributed by atoms with van der Waals surface area (Å²) >= 11 is 0. The van der Waals surface area contributed by atoms with Crippen LogP contribution in [-0.2, 0) is 4.74 Å². The van der Waals surface area contributed by atoms with Gasteiger partial charge in [-0.1, -0.05) is 13.3 Å². The SMILES string of the molecule is CNCC(C)CCCC(C)(C)OC. The van der Waals surface area contributed by atoms with E-state index in [-0.39, 0.29) is 5.60 Å². The number of ether oxygens (including phenoxy) is 1. The molecular formula is C11H25NO. The standard InChI is InChI=1S/C11H25NO/c1-10(9-12-4)7-6-8-11(2,3)13-5/h10,12H,6-9H2,1-5H3. The van der Waals surface area contributed by atoms with Crippen molar-refractivity contribution >= 4 is 0 Å². The van der Waals surface area contributed by atoms with E-state index < -0.39 is 0 Å². The van der Waals surface area contributed by atoms with Crippen molar-refractivity contribution < 1.29 is 4.74 Å². The van der Waals surface area contributed by atoms with Gasteiger partial charge in [0.25, 0.3) is 0 Å². The van der Waals surface area contributed by atoms with Crippen LogP contribution in [-0.4, -0.2) is 26.3 Å². The summed E-state index contributed by atoms with van der Waals surface area (Å²) in [7, 11) is 3.80. The third-order valence-corrected chi connectivity index (χ3v) is 2.58. The minimum atomic E-state index is 0.0549. The van der Waals surface area contributed by atoms with Gasteiger partial charge in [-0.25, -0.2) is 0 Å². The molecule has 0 aliphatic carbocycles. The molecule has 0 bridgehead atoms. The first kappa shape index (κ1) is 12.9. The van der Waals surface area contributed by atoms with Gasteiger partial charge in [0.05, 0.1) is 5.60 Å². The molecule has 1 unspecified atom stereocenters. The van der Waals surface area contributed by atoms with Crippen LogP contribution in [0.2, 0.25) is 0 Å². The highest BCUT2D eigenvalue weighted by molar-refractivity contribution is 4.68. The van der Waals surface area contributed by atoms with Gasteiger partial charge in [-0.3, -0.25) is 0 Å². The molecule has 1 atom stereocenters. The Balaban J connectivity index is 3.44. The predicted molar refractivity (Wildman–Crippen MR) is 58.0 cm³/mol. The highest BCUT2D eigenvalue weighted by Gasteiger charge is 2.15. The van der Waals surface area contributed by atoms with Crippen LogP contribution in [0.25, 0.3) is 0 Å². The van der Waals surface area contributed by atoms with Crippen molar-refractivity contribution in [2.45, 2.75) is 45.6 Å². The van der Waals surface area contributed by atoms with Crippen LogP contribution in [0.5, 0.6) is 0 Å². The van der Waals surface area contributed by atoms with Gasteiger partial charge < -0.3 is 10.1 Å². The zero-order chi connectivity index (χ0) is 10.3. The first-order valence-corrected chi connectivity index (χ1v) is 5.21. The number of methoxy groups -OCH3 is 1. The van der Waals surface area contributed by atoms with Gasteiger partial charge in [0, 0.05) is 7.11 Å². The molecule has 0 heterocycles. The van der Waals surface area contributed by atoms with E-state index >= 15 is 0 Å². The molecule has 0 spiro atoms. The van der Waals surface area contributed by atoms with E-state index in [4.69, 9.17) is 4.74 Å². The van der Waals surface area contributed by atoms with Crippen LogP contribution in [0.15, 0.2) is 0 Å². The van der Waals surface area contributed by atoms with Crippen LogP contribution >= 0.6 is 0 Å². The first-order chi connectivity index (χ1) is 6.02. The van der Waals surface area contributed by atoms with Crippen molar-refractivity contribution in [2.24, 2.45) is 5.92 Å². The number of hydrogen-bond donors (Lipinski definition) is 1. The van der Waals surface area contributed by atoms with Gasteiger partial charge in [0.15, 0.2) is 0 Å². The molecule has 0 aliphatic rings. The molecule has 0 rings (SSSR count). The summed E-state index contributed by atoms with van der Waals surface area (Å²) in [5, 5.41) is 3.20. The summed E-state index contributed by atoms with van der Waals surface area (Å²) in [6.07, 6.45) is 3.69. The summed E-state index contributed by atoms with van der Waals surface area (Å²) in [6.45, 7) is 7.70. The molecule has 0 aromatic rings. The molecule has 2 nitrogen and oxygen atoms in total. The molecule has 0 saturated heterocycles. The molecule has 0 saturated carbocycles. The molecule has 0 aromatic carbocycles. The maximum atomic E-state index is 5.36. The lowest BCUT2D eigenvalue weighted by atomic mass is 9.97. The Kier molecular flexibility index (Phi) is 6.35. The maximum Gasteiger partial charge on any atom is 0.0622 e. The third-order valence-electron chi connectivity index (χ3n) is 2.58. The lowest BCUT2D eigenvalue weighted by Gasteiger charge is -2.23. The lowest BCUT2D eigenvalue weighted by Crippen LogP contribution is -2.23. The van der Waals surface area contributed by atoms with Crippen LogP contribution in [0.1, 0.15) is 40.0 Å². The molecule has 0 aliphatic heterocycles. The second-order valence-electron chi connectivity index (χ2n) is 4.52. The first-order valence-electron chi connectivity index (χ1n) is 5.21. The Morgan fingerprint density at radius 3 is 2.46 bits per heavy atom. The summed E-state index contributed by atoms with van der Waals surface area (Å²) in [5.74, 6) is 0.776. The van der Waals surface area contributed by atoms with E-state index in [9.17, 15) is 0 Å². The topological polar surface area (TPSA) is 21.3 Å². The minimum absolute atomic E-state index is 0.0549. The average Bonchev–Trinajstić information content (AvgIpc) is 2.05. The van der Waals surface area contributed by atoms with Crippen molar-refractivity contribution in [1.82, 2.24) is 5.32 Å². The van der Waals surface area contributed by atoms with Crippen molar-refractivity contribution in [3.63, 3.8) is 0 Å². The Labute approximate surface area is 83.1 Å². The van der Waals surface area contributed by atoms with Gasteiger partial charge in [-0.2, -0.15) is 0 Å². The van der Waals surface area contributed by atoms with Crippen molar-refractivity contribution in [3.8, 4) is 0 Å². The summed E-state index contributed by atoms with van der Waals surface area (Å²) in [4.78, 5) is 0. The molecule has 13 heavy (non-hydrogen) atoms. The number of rotatable bonds is 7. The summed E-state index contributed by atoms with van der Waals surface area (Å²) < 4.78 is 5.36. The van der Waals surface area contributed by atoms with Crippen LogP contribution in [0.4, 0.5) is 0 Å². The Bertz CT molecular complexity index is 123. The van der Waals surface area contributed by atoms with Gasteiger partial charge in [-0.15, -0.1) is 0 Å². The Hall–Kier alpha value is -0.0800. The largest absolute Gasteiger partial charge is 0.379 e. The van der Waals surface area contributed by atoms with E-state index in [1.807, 2.05) is 7.05 Å². The predicted octanol–water partition coefficient (Wildman–Crippen LogP) is 2.44. The highest BCUT2D eigenvalue weighted by Crippen LogP contribution is 2.18. The molecule has 0 radical (unpaired) electrons.